The van der Waals surface area contributed by atoms with Gasteiger partial charge in [0, 0.05) is 11.5 Å². The molecule has 0 bridgehead atoms. The highest BCUT2D eigenvalue weighted by Gasteiger charge is 2.17. The number of aromatic nitrogens is 2. The number of nitrogens with one attached hydrogen (secondary N) is 2. The van der Waals surface area contributed by atoms with Crippen LogP contribution in [0.4, 0.5) is 10.5 Å². The minimum atomic E-state index is -0.524. The van der Waals surface area contributed by atoms with Crippen LogP contribution in [0.5, 0.6) is 5.75 Å². The van der Waals surface area contributed by atoms with Crippen LogP contribution >= 0.6 is 0 Å². The zero-order valence-corrected chi connectivity index (χ0v) is 13.3. The van der Waals surface area contributed by atoms with Crippen molar-refractivity contribution >= 4 is 22.7 Å². The van der Waals surface area contributed by atoms with Gasteiger partial charge in [-0.25, -0.2) is 4.79 Å². The summed E-state index contributed by atoms with van der Waals surface area (Å²) in [6.07, 6.45) is 0.971. The van der Waals surface area contributed by atoms with E-state index in [1.807, 2.05) is 27.7 Å². The normalized spacial score (nSPS) is 12.9. The number of rotatable bonds is 4. The summed E-state index contributed by atoms with van der Waals surface area (Å²) in [5.74, 6) is 0.551. The van der Waals surface area contributed by atoms with Crippen LogP contribution in [0.2, 0.25) is 0 Å². The van der Waals surface area contributed by atoms with Crippen LogP contribution in [-0.2, 0) is 4.74 Å². The number of aromatic amines is 1. The Balaban J connectivity index is 1.92. The van der Waals surface area contributed by atoms with Crippen LogP contribution in [-0.4, -0.2) is 34.5 Å². The first-order chi connectivity index (χ1) is 10.2. The first kappa shape index (κ1) is 15.9. The number of alkyl carbamates (subject to hydrolysis) is 1. The van der Waals surface area contributed by atoms with Gasteiger partial charge in [0.25, 0.3) is 0 Å². The van der Waals surface area contributed by atoms with Gasteiger partial charge in [-0.05, 0) is 33.8 Å². The van der Waals surface area contributed by atoms with Gasteiger partial charge in [-0.3, -0.25) is 5.10 Å². The van der Waals surface area contributed by atoms with Crippen molar-refractivity contribution in [3.63, 3.8) is 0 Å². The van der Waals surface area contributed by atoms with Crippen molar-refractivity contribution in [3.8, 4) is 5.75 Å². The molecule has 7 heteroatoms. The van der Waals surface area contributed by atoms with Gasteiger partial charge in [0.2, 0.25) is 0 Å². The molecule has 0 radical (unpaired) electrons. The highest BCUT2D eigenvalue weighted by atomic mass is 16.6. The molecule has 1 aromatic carbocycles. The zero-order chi connectivity index (χ0) is 16.3. The minimum absolute atomic E-state index is 0.254. The summed E-state index contributed by atoms with van der Waals surface area (Å²) in [6.45, 7) is 7.59. The number of ether oxygens (including phenoxy) is 2. The Hall–Kier alpha value is -2.44. The Morgan fingerprint density at radius 2 is 2.18 bits per heavy atom. The first-order valence-corrected chi connectivity index (χ1v) is 7.11. The summed E-state index contributed by atoms with van der Waals surface area (Å²) >= 11 is 0. The van der Waals surface area contributed by atoms with Crippen molar-refractivity contribution in [2.75, 3.05) is 12.3 Å². The maximum absolute atomic E-state index is 11.6. The maximum atomic E-state index is 11.6. The number of nitrogens with zero attached hydrogens (tertiary/aromatic N) is 1. The number of nitrogens with two attached hydrogens (primary N) is 1. The van der Waals surface area contributed by atoms with E-state index in [9.17, 15) is 4.79 Å². The molecular formula is C15H22N4O3. The maximum Gasteiger partial charge on any atom is 0.407 e. The highest BCUT2D eigenvalue weighted by Crippen LogP contribution is 2.27. The lowest BCUT2D eigenvalue weighted by molar-refractivity contribution is 0.0505. The van der Waals surface area contributed by atoms with E-state index in [0.717, 1.165) is 10.9 Å². The van der Waals surface area contributed by atoms with E-state index in [2.05, 4.69) is 15.5 Å². The smallest absolute Gasteiger partial charge is 0.407 e. The Kier molecular flexibility index (Phi) is 4.44. The van der Waals surface area contributed by atoms with E-state index < -0.39 is 11.7 Å². The van der Waals surface area contributed by atoms with Gasteiger partial charge >= 0.3 is 6.09 Å². The van der Waals surface area contributed by atoms with E-state index in [0.29, 0.717) is 18.0 Å². The molecule has 22 heavy (non-hydrogen) atoms. The molecule has 1 heterocycles. The molecule has 0 aliphatic rings. The molecule has 0 unspecified atom stereocenters. The van der Waals surface area contributed by atoms with Gasteiger partial charge in [-0.2, -0.15) is 5.10 Å². The fourth-order valence-corrected chi connectivity index (χ4v) is 1.89. The number of fused-ring (bicyclic) bond motifs is 1. The second-order valence-electron chi connectivity index (χ2n) is 6.16. The Bertz CT molecular complexity index is 660. The largest absolute Gasteiger partial charge is 0.487 e. The molecule has 2 rings (SSSR count). The van der Waals surface area contributed by atoms with Gasteiger partial charge in [0.05, 0.1) is 23.9 Å². The quantitative estimate of drug-likeness (QED) is 0.753. The topological polar surface area (TPSA) is 102 Å². The molecule has 1 atom stereocenters. The molecule has 0 aliphatic heterocycles. The number of H-pyrrole nitrogens is 1. The molecule has 4 N–H and O–H groups in total. The average molecular weight is 306 g/mol. The molecule has 0 spiro atoms. The summed E-state index contributed by atoms with van der Waals surface area (Å²) in [5.41, 5.74) is 6.80. The Labute approximate surface area is 129 Å². The third kappa shape index (κ3) is 4.28. The fraction of sp³-hybridized carbons (Fsp3) is 0.467. The molecule has 0 fully saturated rings. The van der Waals surface area contributed by atoms with Gasteiger partial charge in [0.15, 0.2) is 0 Å². The number of nitrogen functional groups attached to an aromatic ring is 1. The van der Waals surface area contributed by atoms with E-state index in [4.69, 9.17) is 15.2 Å². The standard InChI is InChI=1S/C15H22N4O3/c1-9(7-17-14(20)22-15(2,3)4)21-13-6-12-10(5-11(13)16)8-18-19-12/h5-6,8-9H,7,16H2,1-4H3,(H,17,20)(H,18,19)/t9-/m0/s1. The number of anilines is 1. The number of carbonyl (C=O) groups is 1. The second-order valence-corrected chi connectivity index (χ2v) is 6.16. The SMILES string of the molecule is C[C@@H](CNC(=O)OC(C)(C)C)Oc1cc2[nH]ncc2cc1N. The predicted molar refractivity (Wildman–Crippen MR) is 84.8 cm³/mol. The van der Waals surface area contributed by atoms with E-state index in [1.54, 1.807) is 18.3 Å². The van der Waals surface area contributed by atoms with Crippen molar-refractivity contribution in [3.05, 3.63) is 18.3 Å². The van der Waals surface area contributed by atoms with Crippen LogP contribution in [0.25, 0.3) is 10.9 Å². The van der Waals surface area contributed by atoms with E-state index in [1.165, 1.54) is 0 Å². The average Bonchev–Trinajstić information content (AvgIpc) is 2.82. The number of hydrogen-bond acceptors (Lipinski definition) is 5. The molecule has 120 valence electrons. The molecule has 0 saturated heterocycles. The Morgan fingerprint density at radius 1 is 1.45 bits per heavy atom. The van der Waals surface area contributed by atoms with Gasteiger partial charge in [-0.15, -0.1) is 0 Å². The zero-order valence-electron chi connectivity index (χ0n) is 13.3. The first-order valence-electron chi connectivity index (χ1n) is 7.11. The molecule has 0 saturated carbocycles. The lowest BCUT2D eigenvalue weighted by Gasteiger charge is -2.21. The summed E-state index contributed by atoms with van der Waals surface area (Å²) < 4.78 is 10.9. The van der Waals surface area contributed by atoms with Gasteiger partial charge in [0.1, 0.15) is 17.5 Å². The second kappa shape index (κ2) is 6.13. The van der Waals surface area contributed by atoms with Crippen LogP contribution in [0.1, 0.15) is 27.7 Å². The lowest BCUT2D eigenvalue weighted by Crippen LogP contribution is -2.37. The van der Waals surface area contributed by atoms with Crippen LogP contribution in [0.3, 0.4) is 0 Å². The summed E-state index contributed by atoms with van der Waals surface area (Å²) in [7, 11) is 0. The number of benzene rings is 1. The predicted octanol–water partition coefficient (Wildman–Crippen LogP) is 2.44. The number of amides is 1. The van der Waals surface area contributed by atoms with Crippen molar-refractivity contribution in [1.29, 1.82) is 0 Å². The molecule has 1 aromatic heterocycles. The molecular weight excluding hydrogens is 284 g/mol. The van der Waals surface area contributed by atoms with E-state index >= 15 is 0 Å². The molecule has 0 aliphatic carbocycles. The van der Waals surface area contributed by atoms with Crippen LogP contribution < -0.4 is 15.8 Å². The van der Waals surface area contributed by atoms with E-state index in [-0.39, 0.29) is 6.10 Å². The Morgan fingerprint density at radius 3 is 2.86 bits per heavy atom. The fourth-order valence-electron chi connectivity index (χ4n) is 1.89. The van der Waals surface area contributed by atoms with Crippen LogP contribution in [0, 0.1) is 0 Å². The van der Waals surface area contributed by atoms with Crippen molar-refractivity contribution < 1.29 is 14.3 Å². The van der Waals surface area contributed by atoms with Crippen LogP contribution in [0.15, 0.2) is 18.3 Å². The van der Waals surface area contributed by atoms with Crippen molar-refractivity contribution in [2.24, 2.45) is 0 Å². The minimum Gasteiger partial charge on any atom is -0.487 e. The lowest BCUT2D eigenvalue weighted by atomic mass is 10.2. The highest BCUT2D eigenvalue weighted by molar-refractivity contribution is 5.84. The third-order valence-electron chi connectivity index (χ3n) is 2.83. The summed E-state index contributed by atoms with van der Waals surface area (Å²) in [5, 5.41) is 10.4. The van der Waals surface area contributed by atoms with Gasteiger partial charge < -0.3 is 20.5 Å². The molecule has 1 amide bonds. The monoisotopic (exact) mass is 306 g/mol. The van der Waals surface area contributed by atoms with Crippen molar-refractivity contribution in [2.45, 2.75) is 39.4 Å². The summed E-state index contributed by atoms with van der Waals surface area (Å²) in [6, 6.07) is 3.59. The summed E-state index contributed by atoms with van der Waals surface area (Å²) in [4.78, 5) is 11.6. The van der Waals surface area contributed by atoms with Crippen molar-refractivity contribution in [1.82, 2.24) is 15.5 Å². The van der Waals surface area contributed by atoms with Gasteiger partial charge in [-0.1, -0.05) is 0 Å². The molecule has 2 aromatic rings. The number of carbonyl (C=O) groups excluding carboxylic acids is 1. The third-order valence-corrected chi connectivity index (χ3v) is 2.83. The molecule has 7 nitrogen and oxygen atoms in total. The number of hydrogen-bond donors (Lipinski definition) is 3.